The second kappa shape index (κ2) is 4.83. The maximum atomic E-state index is 11.6. The first-order valence-corrected chi connectivity index (χ1v) is 5.89. The van der Waals surface area contributed by atoms with Gasteiger partial charge in [-0.2, -0.15) is 0 Å². The topological polar surface area (TPSA) is 86.7 Å². The van der Waals surface area contributed by atoms with Crippen LogP contribution >= 0.6 is 0 Å². The molecule has 2 atom stereocenters. The van der Waals surface area contributed by atoms with E-state index < -0.39 is 12.0 Å². The van der Waals surface area contributed by atoms with Gasteiger partial charge < -0.3 is 5.11 Å². The maximum absolute atomic E-state index is 11.6. The summed E-state index contributed by atoms with van der Waals surface area (Å²) in [5.41, 5.74) is 0. The van der Waals surface area contributed by atoms with Crippen LogP contribution in [-0.2, 0) is 14.4 Å². The largest absolute Gasteiger partial charge is 0.481 e. The van der Waals surface area contributed by atoms with Crippen molar-refractivity contribution in [2.45, 2.75) is 44.2 Å². The average molecular weight is 240 g/mol. The van der Waals surface area contributed by atoms with Crippen molar-refractivity contribution in [2.24, 2.45) is 0 Å². The Balaban J connectivity index is 2.08. The molecular formula is C11H16N2O4. The number of nitrogens with one attached hydrogen (secondary N) is 1. The van der Waals surface area contributed by atoms with Gasteiger partial charge in [-0.3, -0.25) is 24.6 Å². The van der Waals surface area contributed by atoms with Gasteiger partial charge in [-0.1, -0.05) is 6.42 Å². The van der Waals surface area contributed by atoms with Crippen LogP contribution in [0.25, 0.3) is 0 Å². The van der Waals surface area contributed by atoms with Crippen LogP contribution in [0.5, 0.6) is 0 Å². The van der Waals surface area contributed by atoms with Gasteiger partial charge in [0.15, 0.2) is 0 Å². The Morgan fingerprint density at radius 1 is 1.41 bits per heavy atom. The molecule has 2 rings (SSSR count). The number of rotatable bonds is 3. The molecule has 0 aromatic rings. The summed E-state index contributed by atoms with van der Waals surface area (Å²) in [6.07, 6.45) is 2.92. The molecule has 6 heteroatoms. The van der Waals surface area contributed by atoms with E-state index in [9.17, 15) is 14.4 Å². The summed E-state index contributed by atoms with van der Waals surface area (Å²) in [6.45, 7) is 0.698. The molecule has 2 aliphatic heterocycles. The monoisotopic (exact) mass is 240 g/mol. The Morgan fingerprint density at radius 3 is 2.76 bits per heavy atom. The molecule has 2 fully saturated rings. The fourth-order valence-corrected chi connectivity index (χ4v) is 2.66. The van der Waals surface area contributed by atoms with Crippen molar-refractivity contribution in [1.29, 1.82) is 0 Å². The Hall–Kier alpha value is -1.43. The fourth-order valence-electron chi connectivity index (χ4n) is 2.66. The van der Waals surface area contributed by atoms with Crippen molar-refractivity contribution >= 4 is 17.8 Å². The lowest BCUT2D eigenvalue weighted by molar-refractivity contribution is -0.140. The molecule has 0 saturated carbocycles. The molecule has 2 saturated heterocycles. The summed E-state index contributed by atoms with van der Waals surface area (Å²) in [7, 11) is 0. The van der Waals surface area contributed by atoms with Crippen LogP contribution in [0.2, 0.25) is 0 Å². The summed E-state index contributed by atoms with van der Waals surface area (Å²) < 4.78 is 0. The van der Waals surface area contributed by atoms with Crippen LogP contribution in [0.15, 0.2) is 0 Å². The molecule has 2 aliphatic rings. The predicted octanol–water partition coefficient (Wildman–Crippen LogP) is -0.269. The number of nitrogens with zero attached hydrogens (tertiary/aromatic N) is 1. The number of piperidine rings is 1. The lowest BCUT2D eigenvalue weighted by Gasteiger charge is -2.37. The van der Waals surface area contributed by atoms with Gasteiger partial charge in [0.05, 0.1) is 18.9 Å². The number of carbonyl (C=O) groups excluding carboxylic acids is 2. The number of carboxylic acid groups (broad SMARTS) is 1. The van der Waals surface area contributed by atoms with E-state index in [0.717, 1.165) is 19.3 Å². The fraction of sp³-hybridized carbons (Fsp3) is 0.727. The van der Waals surface area contributed by atoms with Gasteiger partial charge in [0, 0.05) is 6.04 Å². The molecule has 2 amide bonds. The zero-order valence-corrected chi connectivity index (χ0v) is 9.52. The molecule has 0 spiro atoms. The van der Waals surface area contributed by atoms with Gasteiger partial charge >= 0.3 is 5.97 Å². The molecule has 0 bridgehead atoms. The van der Waals surface area contributed by atoms with Crippen molar-refractivity contribution in [3.63, 3.8) is 0 Å². The molecule has 2 unspecified atom stereocenters. The molecule has 0 aromatic heterocycles. The third kappa shape index (κ3) is 2.63. The second-order valence-electron chi connectivity index (χ2n) is 4.62. The van der Waals surface area contributed by atoms with E-state index >= 15 is 0 Å². The summed E-state index contributed by atoms with van der Waals surface area (Å²) in [5.74, 6) is -1.40. The van der Waals surface area contributed by atoms with E-state index in [1.165, 1.54) is 0 Å². The Labute approximate surface area is 99.0 Å². The molecule has 17 heavy (non-hydrogen) atoms. The summed E-state index contributed by atoms with van der Waals surface area (Å²) >= 11 is 0. The first kappa shape index (κ1) is 12.0. The molecular weight excluding hydrogens is 224 g/mol. The van der Waals surface area contributed by atoms with E-state index in [1.807, 2.05) is 4.90 Å². The number of likely N-dealkylation sites (tertiary alicyclic amines) is 1. The summed E-state index contributed by atoms with van der Waals surface area (Å²) in [6, 6.07) is -0.588. The number of aliphatic carboxylic acids is 1. The minimum atomic E-state index is -0.855. The number of carbonyl (C=O) groups is 3. The Bertz CT molecular complexity index is 355. The van der Waals surface area contributed by atoms with Crippen LogP contribution < -0.4 is 5.32 Å². The summed E-state index contributed by atoms with van der Waals surface area (Å²) in [5, 5.41) is 11.1. The van der Waals surface area contributed by atoms with Crippen molar-refractivity contribution in [3.05, 3.63) is 0 Å². The smallest absolute Gasteiger partial charge is 0.304 e. The SMILES string of the molecule is O=C(O)CC1CCCCN1C1CC(=O)NC1=O. The first-order chi connectivity index (χ1) is 8.08. The van der Waals surface area contributed by atoms with Crippen molar-refractivity contribution in [3.8, 4) is 0 Å². The highest BCUT2D eigenvalue weighted by Gasteiger charge is 2.39. The van der Waals surface area contributed by atoms with Gasteiger partial charge in [0.25, 0.3) is 0 Å². The molecule has 2 N–H and O–H groups in total. The standard InChI is InChI=1S/C11H16N2O4/c14-9-6-8(11(17)12-9)13-4-2-1-3-7(13)5-10(15)16/h7-8H,1-6H2,(H,15,16)(H,12,14,17). The van der Waals surface area contributed by atoms with E-state index in [2.05, 4.69) is 5.32 Å². The van der Waals surface area contributed by atoms with Gasteiger partial charge in [0.1, 0.15) is 0 Å². The average Bonchev–Trinajstić information content (AvgIpc) is 2.58. The molecule has 6 nitrogen and oxygen atoms in total. The van der Waals surface area contributed by atoms with E-state index in [-0.39, 0.29) is 30.7 Å². The number of hydrogen-bond acceptors (Lipinski definition) is 4. The van der Waals surface area contributed by atoms with Crippen molar-refractivity contribution < 1.29 is 19.5 Å². The number of imide groups is 1. The molecule has 0 aromatic carbocycles. The lowest BCUT2D eigenvalue weighted by Crippen LogP contribution is -2.50. The molecule has 0 aliphatic carbocycles. The number of hydrogen-bond donors (Lipinski definition) is 2. The van der Waals surface area contributed by atoms with Crippen LogP contribution in [0.3, 0.4) is 0 Å². The van der Waals surface area contributed by atoms with Gasteiger partial charge in [-0.05, 0) is 19.4 Å². The highest BCUT2D eigenvalue weighted by Crippen LogP contribution is 2.25. The second-order valence-corrected chi connectivity index (χ2v) is 4.62. The van der Waals surface area contributed by atoms with E-state index in [1.54, 1.807) is 0 Å². The predicted molar refractivity (Wildman–Crippen MR) is 58.2 cm³/mol. The van der Waals surface area contributed by atoms with Crippen LogP contribution in [0.4, 0.5) is 0 Å². The highest BCUT2D eigenvalue weighted by molar-refractivity contribution is 6.05. The van der Waals surface area contributed by atoms with Gasteiger partial charge in [0.2, 0.25) is 11.8 Å². The Morgan fingerprint density at radius 2 is 2.18 bits per heavy atom. The summed E-state index contributed by atoms with van der Waals surface area (Å²) in [4.78, 5) is 35.4. The van der Waals surface area contributed by atoms with Gasteiger partial charge in [-0.25, -0.2) is 0 Å². The maximum Gasteiger partial charge on any atom is 0.304 e. The highest BCUT2D eigenvalue weighted by atomic mass is 16.4. The number of carboxylic acids is 1. The quantitative estimate of drug-likeness (QED) is 0.663. The van der Waals surface area contributed by atoms with Crippen molar-refractivity contribution in [2.75, 3.05) is 6.54 Å². The molecule has 2 heterocycles. The van der Waals surface area contributed by atoms with Gasteiger partial charge in [-0.15, -0.1) is 0 Å². The van der Waals surface area contributed by atoms with Crippen LogP contribution in [-0.4, -0.2) is 46.4 Å². The minimum absolute atomic E-state index is 0.0397. The Kier molecular flexibility index (Phi) is 3.42. The molecule has 94 valence electrons. The van der Waals surface area contributed by atoms with E-state index in [0.29, 0.717) is 6.54 Å². The minimum Gasteiger partial charge on any atom is -0.481 e. The molecule has 0 radical (unpaired) electrons. The number of amides is 2. The lowest BCUT2D eigenvalue weighted by atomic mass is 9.96. The first-order valence-electron chi connectivity index (χ1n) is 5.89. The third-order valence-corrected chi connectivity index (χ3v) is 3.43. The third-order valence-electron chi connectivity index (χ3n) is 3.43. The van der Waals surface area contributed by atoms with Crippen LogP contribution in [0, 0.1) is 0 Å². The zero-order chi connectivity index (χ0) is 12.4. The normalized spacial score (nSPS) is 30.4. The van der Waals surface area contributed by atoms with Crippen molar-refractivity contribution in [1.82, 2.24) is 10.2 Å². The zero-order valence-electron chi connectivity index (χ0n) is 9.52. The van der Waals surface area contributed by atoms with Crippen LogP contribution in [0.1, 0.15) is 32.1 Å². The van der Waals surface area contributed by atoms with E-state index in [4.69, 9.17) is 5.11 Å².